The van der Waals surface area contributed by atoms with E-state index < -0.39 is 0 Å². The van der Waals surface area contributed by atoms with Crippen LogP contribution < -0.4 is 5.73 Å². The van der Waals surface area contributed by atoms with Gasteiger partial charge in [0.15, 0.2) is 0 Å². The molecule has 2 rings (SSSR count). The van der Waals surface area contributed by atoms with Gasteiger partial charge < -0.3 is 10.5 Å². The van der Waals surface area contributed by atoms with Crippen LogP contribution in [0.25, 0.3) is 0 Å². The SMILES string of the molecule is Cc1cc(C(N)=S)ccc1COCCCc1ccncc1. The first-order chi connectivity index (χ1) is 10.2. The Morgan fingerprint density at radius 1 is 1.24 bits per heavy atom. The Morgan fingerprint density at radius 3 is 2.67 bits per heavy atom. The first kappa shape index (κ1) is 15.6. The average molecular weight is 300 g/mol. The topological polar surface area (TPSA) is 48.1 Å². The van der Waals surface area contributed by atoms with E-state index in [-0.39, 0.29) is 0 Å². The van der Waals surface area contributed by atoms with Crippen molar-refractivity contribution < 1.29 is 4.74 Å². The van der Waals surface area contributed by atoms with E-state index in [1.54, 1.807) is 0 Å². The van der Waals surface area contributed by atoms with Crippen molar-refractivity contribution in [1.82, 2.24) is 4.98 Å². The number of thiocarbonyl (C=S) groups is 1. The van der Waals surface area contributed by atoms with Crippen molar-refractivity contribution in [2.75, 3.05) is 6.61 Å². The fourth-order valence-corrected chi connectivity index (χ4v) is 2.25. The highest BCUT2D eigenvalue weighted by atomic mass is 32.1. The zero-order valence-electron chi connectivity index (χ0n) is 12.2. The third-order valence-corrected chi connectivity index (χ3v) is 3.62. The maximum absolute atomic E-state index is 5.74. The molecule has 0 fully saturated rings. The normalized spacial score (nSPS) is 10.5. The van der Waals surface area contributed by atoms with Crippen molar-refractivity contribution in [2.24, 2.45) is 5.73 Å². The van der Waals surface area contributed by atoms with Crippen LogP contribution in [0.5, 0.6) is 0 Å². The fraction of sp³-hybridized carbons (Fsp3) is 0.294. The van der Waals surface area contributed by atoms with E-state index in [1.807, 2.05) is 42.7 Å². The van der Waals surface area contributed by atoms with E-state index in [4.69, 9.17) is 22.7 Å². The molecule has 0 bridgehead atoms. The van der Waals surface area contributed by atoms with E-state index in [1.165, 1.54) is 11.1 Å². The monoisotopic (exact) mass is 300 g/mol. The van der Waals surface area contributed by atoms with Gasteiger partial charge in [-0.05, 0) is 54.7 Å². The molecule has 0 amide bonds. The molecule has 4 heteroatoms. The van der Waals surface area contributed by atoms with Crippen LogP contribution in [0.3, 0.4) is 0 Å². The van der Waals surface area contributed by atoms with E-state index in [9.17, 15) is 0 Å². The second-order valence-electron chi connectivity index (χ2n) is 5.02. The van der Waals surface area contributed by atoms with Gasteiger partial charge in [-0.1, -0.05) is 24.4 Å². The molecule has 0 aliphatic carbocycles. The van der Waals surface area contributed by atoms with Gasteiger partial charge in [-0.15, -0.1) is 0 Å². The van der Waals surface area contributed by atoms with E-state index in [0.717, 1.165) is 30.6 Å². The van der Waals surface area contributed by atoms with E-state index >= 15 is 0 Å². The minimum atomic E-state index is 0.433. The van der Waals surface area contributed by atoms with Crippen molar-refractivity contribution in [1.29, 1.82) is 0 Å². The summed E-state index contributed by atoms with van der Waals surface area (Å²) >= 11 is 4.98. The third kappa shape index (κ3) is 4.92. The summed E-state index contributed by atoms with van der Waals surface area (Å²) in [6.07, 6.45) is 5.67. The predicted octanol–water partition coefficient (Wildman–Crippen LogP) is 3.17. The second-order valence-corrected chi connectivity index (χ2v) is 5.46. The predicted molar refractivity (Wildman–Crippen MR) is 89.3 cm³/mol. The van der Waals surface area contributed by atoms with Crippen molar-refractivity contribution in [2.45, 2.75) is 26.4 Å². The molecule has 1 aromatic carbocycles. The van der Waals surface area contributed by atoms with Gasteiger partial charge in [0, 0.05) is 24.6 Å². The molecule has 110 valence electrons. The molecule has 0 spiro atoms. The minimum Gasteiger partial charge on any atom is -0.389 e. The summed E-state index contributed by atoms with van der Waals surface area (Å²) in [5.74, 6) is 0. The number of nitrogens with two attached hydrogens (primary N) is 1. The molecule has 0 saturated carbocycles. The second kappa shape index (κ2) is 7.86. The molecule has 1 aromatic heterocycles. The van der Waals surface area contributed by atoms with Gasteiger partial charge in [0.25, 0.3) is 0 Å². The van der Waals surface area contributed by atoms with Gasteiger partial charge in [-0.2, -0.15) is 0 Å². The van der Waals surface area contributed by atoms with Gasteiger partial charge in [-0.25, -0.2) is 0 Å². The van der Waals surface area contributed by atoms with Crippen LogP contribution in [0.4, 0.5) is 0 Å². The van der Waals surface area contributed by atoms with Gasteiger partial charge in [0.2, 0.25) is 0 Å². The summed E-state index contributed by atoms with van der Waals surface area (Å²) in [5.41, 5.74) is 10.2. The Kier molecular flexibility index (Phi) is 5.84. The number of hydrogen-bond donors (Lipinski definition) is 1. The Bertz CT molecular complexity index is 599. The van der Waals surface area contributed by atoms with Crippen molar-refractivity contribution >= 4 is 17.2 Å². The van der Waals surface area contributed by atoms with Crippen LogP contribution in [0.2, 0.25) is 0 Å². The largest absolute Gasteiger partial charge is 0.389 e. The molecule has 2 N–H and O–H groups in total. The lowest BCUT2D eigenvalue weighted by atomic mass is 10.1. The van der Waals surface area contributed by atoms with Gasteiger partial charge >= 0.3 is 0 Å². The third-order valence-electron chi connectivity index (χ3n) is 3.39. The number of ether oxygens (including phenoxy) is 1. The summed E-state index contributed by atoms with van der Waals surface area (Å²) in [4.78, 5) is 4.44. The van der Waals surface area contributed by atoms with Crippen LogP contribution in [-0.4, -0.2) is 16.6 Å². The Labute approximate surface area is 131 Å². The summed E-state index contributed by atoms with van der Waals surface area (Å²) in [6, 6.07) is 10.1. The highest BCUT2D eigenvalue weighted by molar-refractivity contribution is 7.80. The minimum absolute atomic E-state index is 0.433. The number of aromatic nitrogens is 1. The molecule has 0 unspecified atom stereocenters. The lowest BCUT2D eigenvalue weighted by Crippen LogP contribution is -2.10. The number of pyridine rings is 1. The van der Waals surface area contributed by atoms with E-state index in [0.29, 0.717) is 11.6 Å². The molecule has 0 aliphatic heterocycles. The number of hydrogen-bond acceptors (Lipinski definition) is 3. The smallest absolute Gasteiger partial charge is 0.103 e. The van der Waals surface area contributed by atoms with Gasteiger partial charge in [0.1, 0.15) is 4.99 Å². The fourth-order valence-electron chi connectivity index (χ4n) is 2.12. The van der Waals surface area contributed by atoms with Crippen LogP contribution in [-0.2, 0) is 17.8 Å². The maximum Gasteiger partial charge on any atom is 0.103 e. The zero-order chi connectivity index (χ0) is 15.1. The van der Waals surface area contributed by atoms with E-state index in [2.05, 4.69) is 11.9 Å². The first-order valence-corrected chi connectivity index (χ1v) is 7.43. The van der Waals surface area contributed by atoms with Crippen LogP contribution >= 0.6 is 12.2 Å². The Balaban J connectivity index is 1.75. The Hall–Kier alpha value is -1.78. The molecule has 2 aromatic rings. The van der Waals surface area contributed by atoms with Crippen molar-refractivity contribution in [3.63, 3.8) is 0 Å². The van der Waals surface area contributed by atoms with Crippen molar-refractivity contribution in [3.8, 4) is 0 Å². The Morgan fingerprint density at radius 2 is 2.00 bits per heavy atom. The zero-order valence-corrected chi connectivity index (χ0v) is 13.0. The average Bonchev–Trinajstić information content (AvgIpc) is 2.49. The molecule has 3 nitrogen and oxygen atoms in total. The van der Waals surface area contributed by atoms with Crippen LogP contribution in [0, 0.1) is 6.92 Å². The molecule has 0 saturated heterocycles. The molecule has 0 aliphatic rings. The number of rotatable bonds is 7. The molecule has 0 atom stereocenters. The van der Waals surface area contributed by atoms with Crippen LogP contribution in [0.15, 0.2) is 42.7 Å². The maximum atomic E-state index is 5.74. The van der Waals surface area contributed by atoms with Gasteiger partial charge in [0.05, 0.1) is 6.61 Å². The summed E-state index contributed by atoms with van der Waals surface area (Å²) < 4.78 is 5.74. The number of benzene rings is 1. The number of aryl methyl sites for hydroxylation is 2. The highest BCUT2D eigenvalue weighted by Crippen LogP contribution is 2.13. The van der Waals surface area contributed by atoms with Crippen LogP contribution in [0.1, 0.15) is 28.7 Å². The highest BCUT2D eigenvalue weighted by Gasteiger charge is 2.02. The molecule has 21 heavy (non-hydrogen) atoms. The number of nitrogens with zero attached hydrogens (tertiary/aromatic N) is 1. The first-order valence-electron chi connectivity index (χ1n) is 7.03. The van der Waals surface area contributed by atoms with Crippen molar-refractivity contribution in [3.05, 3.63) is 65.0 Å². The van der Waals surface area contributed by atoms with Gasteiger partial charge in [-0.3, -0.25) is 4.98 Å². The summed E-state index contributed by atoms with van der Waals surface area (Å²) in [6.45, 7) is 3.43. The quantitative estimate of drug-likeness (QED) is 0.630. The summed E-state index contributed by atoms with van der Waals surface area (Å²) in [5, 5.41) is 0. The lowest BCUT2D eigenvalue weighted by Gasteiger charge is -2.09. The molecule has 0 radical (unpaired) electrons. The molecular weight excluding hydrogens is 280 g/mol. The molecule has 1 heterocycles. The lowest BCUT2D eigenvalue weighted by molar-refractivity contribution is 0.118. The standard InChI is InChI=1S/C17H20N2OS/c1-13-11-15(17(18)21)4-5-16(13)12-20-10-2-3-14-6-8-19-9-7-14/h4-9,11H,2-3,10,12H2,1H3,(H2,18,21). The summed E-state index contributed by atoms with van der Waals surface area (Å²) in [7, 11) is 0. The molecular formula is C17H20N2OS.